The van der Waals surface area contributed by atoms with Gasteiger partial charge in [-0.3, -0.25) is 9.59 Å². The zero-order chi connectivity index (χ0) is 23.7. The molecule has 0 aliphatic carbocycles. The van der Waals surface area contributed by atoms with Gasteiger partial charge in [0, 0.05) is 54.7 Å². The lowest BCUT2D eigenvalue weighted by Crippen LogP contribution is -2.50. The lowest BCUT2D eigenvalue weighted by Gasteiger charge is -2.36. The first-order chi connectivity index (χ1) is 16.6. The molecule has 3 heterocycles. The Hall–Kier alpha value is -3.81. The second-order valence-electron chi connectivity index (χ2n) is 8.60. The Bertz CT molecular complexity index is 1380. The number of aryl methyl sites for hydroxylation is 1. The van der Waals surface area contributed by atoms with Gasteiger partial charge in [0.1, 0.15) is 17.8 Å². The Kier molecular flexibility index (Phi) is 5.96. The van der Waals surface area contributed by atoms with Gasteiger partial charge in [-0.25, -0.2) is 4.68 Å². The van der Waals surface area contributed by atoms with Crippen molar-refractivity contribution in [3.63, 3.8) is 0 Å². The van der Waals surface area contributed by atoms with Crippen LogP contribution >= 0.6 is 0 Å². The first-order valence-corrected chi connectivity index (χ1v) is 11.7. The topological polar surface area (TPSA) is 72.6 Å². The SMILES string of the molecule is CCCn1c2ccccc2c2cnn(CC(=O)N3CCN(c4ccc(OC)cc4)CC3)c(=O)c21. The van der Waals surface area contributed by atoms with E-state index in [-0.39, 0.29) is 18.0 Å². The van der Waals surface area contributed by atoms with E-state index in [0.29, 0.717) is 18.6 Å². The number of nitrogens with zero attached hydrogens (tertiary/aromatic N) is 5. The fraction of sp³-hybridized carbons (Fsp3) is 0.346. The summed E-state index contributed by atoms with van der Waals surface area (Å²) in [5, 5.41) is 6.22. The van der Waals surface area contributed by atoms with E-state index in [1.807, 2.05) is 53.4 Å². The van der Waals surface area contributed by atoms with Crippen LogP contribution in [0.3, 0.4) is 0 Å². The lowest BCUT2D eigenvalue weighted by molar-refractivity contribution is -0.132. The maximum Gasteiger partial charge on any atom is 0.291 e. The number of hydrogen-bond acceptors (Lipinski definition) is 5. The van der Waals surface area contributed by atoms with Crippen LogP contribution < -0.4 is 15.2 Å². The Morgan fingerprint density at radius 1 is 1.00 bits per heavy atom. The van der Waals surface area contributed by atoms with Crippen LogP contribution in [0.2, 0.25) is 0 Å². The standard InChI is InChI=1S/C26H29N5O3/c1-3-12-30-23-7-5-4-6-21(23)22-17-27-31(26(33)25(22)30)18-24(32)29-15-13-28(14-16-29)19-8-10-20(34-2)11-9-19/h4-11,17H,3,12-16,18H2,1-2H3. The molecular weight excluding hydrogens is 430 g/mol. The summed E-state index contributed by atoms with van der Waals surface area (Å²) in [5.74, 6) is 0.743. The van der Waals surface area contributed by atoms with Crippen molar-refractivity contribution in [2.45, 2.75) is 26.4 Å². The number of carbonyl (C=O) groups excluding carboxylic acids is 1. The van der Waals surface area contributed by atoms with Gasteiger partial charge in [0.2, 0.25) is 5.91 Å². The van der Waals surface area contributed by atoms with Crippen molar-refractivity contribution in [1.29, 1.82) is 0 Å². The summed E-state index contributed by atoms with van der Waals surface area (Å²) >= 11 is 0. The normalized spacial score (nSPS) is 14.2. The quantitative estimate of drug-likeness (QED) is 0.443. The molecular formula is C26H29N5O3. The molecule has 1 saturated heterocycles. The van der Waals surface area contributed by atoms with Crippen molar-refractivity contribution < 1.29 is 9.53 Å². The number of anilines is 1. The molecule has 1 aliphatic rings. The summed E-state index contributed by atoms with van der Waals surface area (Å²) in [7, 11) is 1.65. The van der Waals surface area contributed by atoms with E-state index >= 15 is 0 Å². The zero-order valence-electron chi connectivity index (χ0n) is 19.6. The van der Waals surface area contributed by atoms with Crippen LogP contribution in [0.5, 0.6) is 5.75 Å². The van der Waals surface area contributed by atoms with Gasteiger partial charge < -0.3 is 19.1 Å². The van der Waals surface area contributed by atoms with Crippen molar-refractivity contribution in [3.8, 4) is 5.75 Å². The summed E-state index contributed by atoms with van der Waals surface area (Å²) in [6.07, 6.45) is 2.63. The molecule has 4 aromatic rings. The minimum Gasteiger partial charge on any atom is -0.497 e. The van der Waals surface area contributed by atoms with Crippen LogP contribution in [0.15, 0.2) is 59.5 Å². The van der Waals surface area contributed by atoms with Gasteiger partial charge in [-0.1, -0.05) is 25.1 Å². The first-order valence-electron chi connectivity index (χ1n) is 11.7. The van der Waals surface area contributed by atoms with Gasteiger partial charge in [-0.05, 0) is 36.8 Å². The summed E-state index contributed by atoms with van der Waals surface area (Å²) in [4.78, 5) is 30.5. The summed E-state index contributed by atoms with van der Waals surface area (Å²) in [6, 6.07) is 15.9. The van der Waals surface area contributed by atoms with E-state index in [1.54, 1.807) is 13.3 Å². The van der Waals surface area contributed by atoms with E-state index in [1.165, 1.54) is 4.68 Å². The molecule has 0 atom stereocenters. The van der Waals surface area contributed by atoms with E-state index < -0.39 is 0 Å². The van der Waals surface area contributed by atoms with Crippen molar-refractivity contribution >= 4 is 33.4 Å². The smallest absolute Gasteiger partial charge is 0.291 e. The van der Waals surface area contributed by atoms with Gasteiger partial charge >= 0.3 is 0 Å². The van der Waals surface area contributed by atoms with Gasteiger partial charge in [0.25, 0.3) is 5.56 Å². The number of aromatic nitrogens is 3. The van der Waals surface area contributed by atoms with E-state index in [2.05, 4.69) is 21.5 Å². The fourth-order valence-corrected chi connectivity index (χ4v) is 4.80. The molecule has 0 radical (unpaired) electrons. The maximum absolute atomic E-state index is 13.4. The predicted molar refractivity (Wildman–Crippen MR) is 134 cm³/mol. The van der Waals surface area contributed by atoms with Crippen LogP contribution in [0, 0.1) is 0 Å². The van der Waals surface area contributed by atoms with Crippen molar-refractivity contribution in [2.24, 2.45) is 0 Å². The number of para-hydroxylation sites is 1. The monoisotopic (exact) mass is 459 g/mol. The third kappa shape index (κ3) is 3.89. The summed E-state index contributed by atoms with van der Waals surface area (Å²) in [5.41, 5.74) is 2.54. The number of amides is 1. The predicted octanol–water partition coefficient (Wildman–Crippen LogP) is 3.12. The van der Waals surface area contributed by atoms with Gasteiger partial charge in [-0.15, -0.1) is 0 Å². The third-order valence-corrected chi connectivity index (χ3v) is 6.58. The van der Waals surface area contributed by atoms with Gasteiger partial charge in [-0.2, -0.15) is 5.10 Å². The molecule has 0 bridgehead atoms. The molecule has 0 unspecified atom stereocenters. The molecule has 1 fully saturated rings. The van der Waals surface area contributed by atoms with Crippen molar-refractivity contribution in [1.82, 2.24) is 19.2 Å². The Labute approximate surface area is 197 Å². The van der Waals surface area contributed by atoms with Crippen LogP contribution in [-0.4, -0.2) is 58.4 Å². The number of fused-ring (bicyclic) bond motifs is 3. The first kappa shape index (κ1) is 22.0. The number of piperazine rings is 1. The zero-order valence-corrected chi connectivity index (χ0v) is 19.6. The Morgan fingerprint density at radius 3 is 2.44 bits per heavy atom. The number of hydrogen-bond donors (Lipinski definition) is 0. The largest absolute Gasteiger partial charge is 0.497 e. The van der Waals surface area contributed by atoms with Crippen molar-refractivity contribution in [3.05, 3.63) is 65.1 Å². The summed E-state index contributed by atoms with van der Waals surface area (Å²) < 4.78 is 8.60. The highest BCUT2D eigenvalue weighted by Gasteiger charge is 2.23. The van der Waals surface area contributed by atoms with Crippen LogP contribution in [0.1, 0.15) is 13.3 Å². The minimum atomic E-state index is -0.215. The molecule has 2 aromatic heterocycles. The average Bonchev–Trinajstić information content (AvgIpc) is 3.20. The second kappa shape index (κ2) is 9.21. The number of benzene rings is 2. The van der Waals surface area contributed by atoms with Crippen LogP contribution in [0.4, 0.5) is 5.69 Å². The van der Waals surface area contributed by atoms with Crippen LogP contribution in [0.25, 0.3) is 21.8 Å². The Balaban J connectivity index is 1.34. The molecule has 0 spiro atoms. The molecule has 1 aliphatic heterocycles. The molecule has 5 rings (SSSR count). The number of ether oxygens (including phenoxy) is 1. The maximum atomic E-state index is 13.4. The highest BCUT2D eigenvalue weighted by atomic mass is 16.5. The average molecular weight is 460 g/mol. The molecule has 8 heteroatoms. The van der Waals surface area contributed by atoms with Crippen molar-refractivity contribution in [2.75, 3.05) is 38.2 Å². The molecule has 34 heavy (non-hydrogen) atoms. The highest BCUT2D eigenvalue weighted by molar-refractivity contribution is 6.07. The third-order valence-electron chi connectivity index (χ3n) is 6.58. The highest BCUT2D eigenvalue weighted by Crippen LogP contribution is 2.26. The molecule has 176 valence electrons. The molecule has 2 aromatic carbocycles. The molecule has 0 N–H and O–H groups in total. The lowest BCUT2D eigenvalue weighted by atomic mass is 10.2. The van der Waals surface area contributed by atoms with Gasteiger partial charge in [0.15, 0.2) is 0 Å². The van der Waals surface area contributed by atoms with Gasteiger partial charge in [0.05, 0.1) is 13.3 Å². The molecule has 1 amide bonds. The van der Waals surface area contributed by atoms with E-state index in [0.717, 1.165) is 53.8 Å². The fourth-order valence-electron chi connectivity index (χ4n) is 4.80. The van der Waals surface area contributed by atoms with E-state index in [9.17, 15) is 9.59 Å². The Morgan fingerprint density at radius 2 is 1.74 bits per heavy atom. The minimum absolute atomic E-state index is 0.0506. The number of rotatable bonds is 6. The van der Waals surface area contributed by atoms with Crippen LogP contribution in [-0.2, 0) is 17.9 Å². The summed E-state index contributed by atoms with van der Waals surface area (Å²) in [6.45, 7) is 5.48. The second-order valence-corrected chi connectivity index (χ2v) is 8.60. The number of carbonyl (C=O) groups is 1. The van der Waals surface area contributed by atoms with E-state index in [4.69, 9.17) is 4.74 Å². The number of methoxy groups -OCH3 is 1. The molecule has 0 saturated carbocycles. The molecule has 8 nitrogen and oxygen atoms in total.